The molecule has 5 nitrogen and oxygen atoms in total. The highest BCUT2D eigenvalue weighted by atomic mass is 35.5. The molecule has 0 spiro atoms. The van der Waals surface area contributed by atoms with Crippen molar-refractivity contribution in [3.8, 4) is 5.69 Å². The van der Waals surface area contributed by atoms with Crippen molar-refractivity contribution in [3.63, 3.8) is 0 Å². The average molecular weight is 392 g/mol. The molecule has 3 aromatic rings. The Morgan fingerprint density at radius 2 is 1.92 bits per heavy atom. The minimum absolute atomic E-state index is 0.361. The Morgan fingerprint density at radius 3 is 2.65 bits per heavy atom. The molecular formula is C18H19ClFN5S. The summed E-state index contributed by atoms with van der Waals surface area (Å²) in [5, 5.41) is 5.72. The first kappa shape index (κ1) is 17.6. The van der Waals surface area contributed by atoms with E-state index in [0.29, 0.717) is 16.3 Å². The minimum atomic E-state index is -0.361. The van der Waals surface area contributed by atoms with E-state index in [9.17, 15) is 4.39 Å². The number of pyridine rings is 1. The van der Waals surface area contributed by atoms with Crippen molar-refractivity contribution in [2.24, 2.45) is 0 Å². The van der Waals surface area contributed by atoms with E-state index in [4.69, 9.17) is 11.6 Å². The highest BCUT2D eigenvalue weighted by molar-refractivity contribution is 7.96. The summed E-state index contributed by atoms with van der Waals surface area (Å²) in [5.74, 6) is 0.574. The molecule has 0 aliphatic carbocycles. The molecule has 0 radical (unpaired) electrons. The molecule has 3 heterocycles. The van der Waals surface area contributed by atoms with Gasteiger partial charge in [0.05, 0.1) is 17.9 Å². The summed E-state index contributed by atoms with van der Waals surface area (Å²) in [6, 6.07) is 5.36. The fourth-order valence-corrected chi connectivity index (χ4v) is 3.86. The molecule has 0 unspecified atom stereocenters. The van der Waals surface area contributed by atoms with Crippen LogP contribution < -0.4 is 4.90 Å². The van der Waals surface area contributed by atoms with Crippen LogP contribution in [0.3, 0.4) is 0 Å². The van der Waals surface area contributed by atoms with Crippen LogP contribution >= 0.6 is 23.5 Å². The molecule has 1 aliphatic rings. The van der Waals surface area contributed by atoms with Gasteiger partial charge in [0.1, 0.15) is 11.5 Å². The van der Waals surface area contributed by atoms with Gasteiger partial charge in [0, 0.05) is 42.2 Å². The van der Waals surface area contributed by atoms with Gasteiger partial charge in [-0.2, -0.15) is 5.10 Å². The number of hydrogen-bond donors (Lipinski definition) is 0. The van der Waals surface area contributed by atoms with Gasteiger partial charge in [-0.05, 0) is 31.4 Å². The lowest BCUT2D eigenvalue weighted by molar-refractivity contribution is 0.429. The quantitative estimate of drug-likeness (QED) is 0.632. The van der Waals surface area contributed by atoms with Crippen molar-refractivity contribution in [1.82, 2.24) is 19.1 Å². The predicted molar refractivity (Wildman–Crippen MR) is 106 cm³/mol. The number of anilines is 1. The minimum Gasteiger partial charge on any atom is -0.354 e. The number of piperazine rings is 1. The third-order valence-electron chi connectivity index (χ3n) is 4.79. The van der Waals surface area contributed by atoms with Crippen LogP contribution in [0.4, 0.5) is 10.2 Å². The van der Waals surface area contributed by atoms with Crippen LogP contribution in [0.1, 0.15) is 5.56 Å². The number of nitrogens with zero attached hydrogens (tertiary/aromatic N) is 5. The van der Waals surface area contributed by atoms with E-state index in [1.54, 1.807) is 48.1 Å². The zero-order valence-corrected chi connectivity index (χ0v) is 16.2. The Balaban J connectivity index is 1.67. The van der Waals surface area contributed by atoms with Crippen LogP contribution in [-0.2, 0) is 0 Å². The number of hydrogen-bond acceptors (Lipinski definition) is 5. The molecule has 1 saturated heterocycles. The van der Waals surface area contributed by atoms with Crippen molar-refractivity contribution in [2.75, 3.05) is 37.3 Å². The molecule has 26 heavy (non-hydrogen) atoms. The van der Waals surface area contributed by atoms with E-state index < -0.39 is 0 Å². The molecule has 1 aliphatic heterocycles. The van der Waals surface area contributed by atoms with E-state index in [1.807, 2.05) is 6.07 Å². The van der Waals surface area contributed by atoms with E-state index >= 15 is 0 Å². The molecule has 136 valence electrons. The summed E-state index contributed by atoms with van der Waals surface area (Å²) in [5.41, 5.74) is 1.58. The molecule has 0 saturated carbocycles. The van der Waals surface area contributed by atoms with Crippen LogP contribution in [0.2, 0.25) is 5.02 Å². The van der Waals surface area contributed by atoms with Crippen molar-refractivity contribution in [2.45, 2.75) is 6.92 Å². The van der Waals surface area contributed by atoms with E-state index in [2.05, 4.69) is 25.5 Å². The molecule has 0 atom stereocenters. The van der Waals surface area contributed by atoms with Crippen LogP contribution in [0.15, 0.2) is 30.6 Å². The van der Waals surface area contributed by atoms with Gasteiger partial charge in [0.25, 0.3) is 0 Å². The lowest BCUT2D eigenvalue weighted by Gasteiger charge is -2.33. The van der Waals surface area contributed by atoms with Crippen LogP contribution in [-0.4, -0.2) is 51.5 Å². The molecule has 4 rings (SSSR count). The van der Waals surface area contributed by atoms with Gasteiger partial charge >= 0.3 is 0 Å². The molecule has 2 aromatic heterocycles. The zero-order chi connectivity index (χ0) is 18.3. The summed E-state index contributed by atoms with van der Waals surface area (Å²) in [6.07, 6.45) is 5.62. The summed E-state index contributed by atoms with van der Waals surface area (Å²) in [6.45, 7) is 5.57. The summed E-state index contributed by atoms with van der Waals surface area (Å²) in [4.78, 5) is 6.88. The SMILES string of the molecule is CSN1CCN(c2cc3cnn(-c4ccc(Cl)c(C)c4F)c3cn2)CC1. The fraction of sp³-hybridized carbons (Fsp3) is 0.333. The Bertz CT molecular complexity index is 952. The maximum Gasteiger partial charge on any atom is 0.153 e. The van der Waals surface area contributed by atoms with Gasteiger partial charge in [0.2, 0.25) is 0 Å². The number of benzene rings is 1. The molecule has 1 fully saturated rings. The lowest BCUT2D eigenvalue weighted by Crippen LogP contribution is -2.43. The van der Waals surface area contributed by atoms with Crippen molar-refractivity contribution < 1.29 is 4.39 Å². The Kier molecular flexibility index (Phi) is 4.77. The molecule has 0 amide bonds. The number of fused-ring (bicyclic) bond motifs is 1. The zero-order valence-electron chi connectivity index (χ0n) is 14.6. The van der Waals surface area contributed by atoms with Crippen LogP contribution in [0.5, 0.6) is 0 Å². The van der Waals surface area contributed by atoms with E-state index in [1.165, 1.54) is 0 Å². The molecule has 8 heteroatoms. The molecular weight excluding hydrogens is 373 g/mol. The van der Waals surface area contributed by atoms with Crippen LogP contribution in [0, 0.1) is 12.7 Å². The smallest absolute Gasteiger partial charge is 0.153 e. The molecule has 1 aromatic carbocycles. The van der Waals surface area contributed by atoms with Gasteiger partial charge in [-0.15, -0.1) is 0 Å². The first-order valence-corrected chi connectivity index (χ1v) is 9.97. The van der Waals surface area contributed by atoms with E-state index in [-0.39, 0.29) is 5.82 Å². The number of aromatic nitrogens is 3. The van der Waals surface area contributed by atoms with Gasteiger partial charge in [-0.25, -0.2) is 18.4 Å². The predicted octanol–water partition coefficient (Wildman–Crippen LogP) is 3.92. The first-order valence-electron chi connectivity index (χ1n) is 8.41. The number of halogens is 2. The second kappa shape index (κ2) is 7.06. The standard InChI is InChI=1S/C18H19ClFN5S/c1-12-14(19)3-4-15(18(12)20)25-16-11-21-17(9-13(16)10-22-25)23-5-7-24(26-2)8-6-23/h3-4,9-11H,5-8H2,1-2H3. The maximum atomic E-state index is 14.6. The summed E-state index contributed by atoms with van der Waals surface area (Å²) in [7, 11) is 0. The van der Waals surface area contributed by atoms with Gasteiger partial charge in [0.15, 0.2) is 5.82 Å². The van der Waals surface area contributed by atoms with Gasteiger partial charge in [-0.1, -0.05) is 23.5 Å². The van der Waals surface area contributed by atoms with Gasteiger partial charge in [-0.3, -0.25) is 0 Å². The van der Waals surface area contributed by atoms with E-state index in [0.717, 1.165) is 42.9 Å². The average Bonchev–Trinajstić information content (AvgIpc) is 3.09. The third kappa shape index (κ3) is 3.04. The third-order valence-corrected chi connectivity index (χ3v) is 6.08. The Morgan fingerprint density at radius 1 is 1.15 bits per heavy atom. The first-order chi connectivity index (χ1) is 12.6. The van der Waals surface area contributed by atoms with Crippen molar-refractivity contribution in [3.05, 3.63) is 47.0 Å². The second-order valence-electron chi connectivity index (χ2n) is 6.26. The van der Waals surface area contributed by atoms with Crippen molar-refractivity contribution >= 4 is 40.3 Å². The highest BCUT2D eigenvalue weighted by Gasteiger charge is 2.19. The largest absolute Gasteiger partial charge is 0.354 e. The maximum absolute atomic E-state index is 14.6. The lowest BCUT2D eigenvalue weighted by atomic mass is 10.2. The van der Waals surface area contributed by atoms with Crippen molar-refractivity contribution in [1.29, 1.82) is 0 Å². The second-order valence-corrected chi connectivity index (χ2v) is 7.55. The topological polar surface area (TPSA) is 37.2 Å². The van der Waals surface area contributed by atoms with Crippen LogP contribution in [0.25, 0.3) is 16.6 Å². The normalized spacial score (nSPS) is 15.8. The Hall–Kier alpha value is -1.83. The molecule has 0 bridgehead atoms. The Labute approximate surface area is 160 Å². The monoisotopic (exact) mass is 391 g/mol. The fourth-order valence-electron chi connectivity index (χ4n) is 3.19. The highest BCUT2D eigenvalue weighted by Crippen LogP contribution is 2.27. The van der Waals surface area contributed by atoms with Gasteiger partial charge < -0.3 is 4.90 Å². The summed E-state index contributed by atoms with van der Waals surface area (Å²) < 4.78 is 18.5. The number of rotatable bonds is 3. The summed E-state index contributed by atoms with van der Waals surface area (Å²) >= 11 is 7.78. The molecule has 0 N–H and O–H groups in total.